The molecule has 0 spiro atoms. The SMILES string of the molecule is O=[N+]([O-])c1cccc2c(CCNCc3cccc(OCC(F)(F)F)c3)c[nH]c12. The molecule has 0 aliphatic carbocycles. The van der Waals surface area contributed by atoms with Crippen LogP contribution < -0.4 is 10.1 Å². The first-order chi connectivity index (χ1) is 13.3. The summed E-state index contributed by atoms with van der Waals surface area (Å²) in [7, 11) is 0. The van der Waals surface area contributed by atoms with E-state index in [1.807, 2.05) is 6.07 Å². The molecule has 0 saturated heterocycles. The van der Waals surface area contributed by atoms with Crippen molar-refractivity contribution in [1.82, 2.24) is 10.3 Å². The molecule has 3 rings (SSSR count). The molecule has 28 heavy (non-hydrogen) atoms. The molecule has 0 saturated carbocycles. The Morgan fingerprint density at radius 3 is 2.71 bits per heavy atom. The second-order valence-corrected chi connectivity index (χ2v) is 6.25. The maximum Gasteiger partial charge on any atom is 0.422 e. The number of nitrogens with zero attached hydrogens (tertiary/aromatic N) is 1. The zero-order chi connectivity index (χ0) is 20.1. The Kier molecular flexibility index (Phi) is 5.84. The van der Waals surface area contributed by atoms with Gasteiger partial charge in [-0.05, 0) is 36.2 Å². The summed E-state index contributed by atoms with van der Waals surface area (Å²) in [6, 6.07) is 11.4. The maximum atomic E-state index is 12.2. The number of nitrogens with one attached hydrogen (secondary N) is 2. The second-order valence-electron chi connectivity index (χ2n) is 6.25. The van der Waals surface area contributed by atoms with Crippen molar-refractivity contribution in [1.29, 1.82) is 0 Å². The molecule has 1 aromatic heterocycles. The van der Waals surface area contributed by atoms with Crippen LogP contribution in [0.3, 0.4) is 0 Å². The Labute approximate surface area is 158 Å². The minimum Gasteiger partial charge on any atom is -0.484 e. The number of para-hydroxylation sites is 1. The van der Waals surface area contributed by atoms with Crippen molar-refractivity contribution >= 4 is 16.6 Å². The molecule has 3 aromatic rings. The first-order valence-corrected chi connectivity index (χ1v) is 8.56. The van der Waals surface area contributed by atoms with Crippen LogP contribution in [0.5, 0.6) is 5.75 Å². The number of hydrogen-bond donors (Lipinski definition) is 2. The largest absolute Gasteiger partial charge is 0.484 e. The second kappa shape index (κ2) is 8.30. The van der Waals surface area contributed by atoms with Gasteiger partial charge >= 0.3 is 6.18 Å². The number of benzene rings is 2. The van der Waals surface area contributed by atoms with Crippen LogP contribution in [0.2, 0.25) is 0 Å². The molecule has 0 amide bonds. The fourth-order valence-corrected chi connectivity index (χ4v) is 2.92. The third kappa shape index (κ3) is 5.01. The summed E-state index contributed by atoms with van der Waals surface area (Å²) < 4.78 is 41.4. The van der Waals surface area contributed by atoms with Gasteiger partial charge in [-0.3, -0.25) is 10.1 Å². The first-order valence-electron chi connectivity index (χ1n) is 8.56. The summed E-state index contributed by atoms with van der Waals surface area (Å²) in [6.45, 7) is -0.258. The molecule has 6 nitrogen and oxygen atoms in total. The first kappa shape index (κ1) is 19.7. The molecular formula is C19H18F3N3O3. The van der Waals surface area contributed by atoms with Gasteiger partial charge in [0.1, 0.15) is 11.3 Å². The highest BCUT2D eigenvalue weighted by Gasteiger charge is 2.28. The normalized spacial score (nSPS) is 11.7. The molecule has 9 heteroatoms. The molecule has 148 valence electrons. The van der Waals surface area contributed by atoms with Crippen LogP contribution in [0.4, 0.5) is 18.9 Å². The molecular weight excluding hydrogens is 375 g/mol. The zero-order valence-corrected chi connectivity index (χ0v) is 14.8. The summed E-state index contributed by atoms with van der Waals surface area (Å²) in [6.07, 6.45) is -1.97. The monoisotopic (exact) mass is 393 g/mol. The number of hydrogen-bond acceptors (Lipinski definition) is 4. The number of non-ortho nitro benzene ring substituents is 1. The third-order valence-corrected chi connectivity index (χ3v) is 4.18. The van der Waals surface area contributed by atoms with Crippen molar-refractivity contribution in [2.45, 2.75) is 19.1 Å². The Balaban J connectivity index is 1.55. The molecule has 0 unspecified atom stereocenters. The summed E-state index contributed by atoms with van der Waals surface area (Å²) in [5.41, 5.74) is 2.28. The molecule has 0 radical (unpaired) electrons. The Bertz CT molecular complexity index is 970. The number of halogens is 3. The minimum atomic E-state index is -4.37. The predicted octanol–water partition coefficient (Wildman–Crippen LogP) is 4.35. The maximum absolute atomic E-state index is 12.2. The molecule has 2 N–H and O–H groups in total. The molecule has 1 heterocycles. The van der Waals surface area contributed by atoms with Gasteiger partial charge in [0.15, 0.2) is 6.61 Å². The predicted molar refractivity (Wildman–Crippen MR) is 98.4 cm³/mol. The van der Waals surface area contributed by atoms with E-state index in [0.29, 0.717) is 25.0 Å². The highest BCUT2D eigenvalue weighted by atomic mass is 19.4. The van der Waals surface area contributed by atoms with Gasteiger partial charge in [-0.25, -0.2) is 0 Å². The molecule has 0 aliphatic heterocycles. The minimum absolute atomic E-state index is 0.0346. The van der Waals surface area contributed by atoms with Crippen LogP contribution in [0.25, 0.3) is 10.9 Å². The lowest BCUT2D eigenvalue weighted by Crippen LogP contribution is -2.19. The van der Waals surface area contributed by atoms with E-state index in [4.69, 9.17) is 4.74 Å². The topological polar surface area (TPSA) is 80.2 Å². The highest BCUT2D eigenvalue weighted by molar-refractivity contribution is 5.90. The lowest BCUT2D eigenvalue weighted by Gasteiger charge is -2.10. The van der Waals surface area contributed by atoms with E-state index in [9.17, 15) is 23.3 Å². The lowest BCUT2D eigenvalue weighted by atomic mass is 10.1. The van der Waals surface area contributed by atoms with Crippen LogP contribution >= 0.6 is 0 Å². The average molecular weight is 393 g/mol. The van der Waals surface area contributed by atoms with Crippen molar-refractivity contribution in [3.63, 3.8) is 0 Å². The van der Waals surface area contributed by atoms with Gasteiger partial charge in [-0.2, -0.15) is 13.2 Å². The number of nitro groups is 1. The van der Waals surface area contributed by atoms with Gasteiger partial charge < -0.3 is 15.0 Å². The summed E-state index contributed by atoms with van der Waals surface area (Å²) >= 11 is 0. The van der Waals surface area contributed by atoms with Gasteiger partial charge in [0.05, 0.1) is 4.92 Å². The van der Waals surface area contributed by atoms with Crippen molar-refractivity contribution in [3.05, 3.63) is 69.9 Å². The van der Waals surface area contributed by atoms with Crippen LogP contribution in [0, 0.1) is 10.1 Å². The molecule has 0 atom stereocenters. The lowest BCUT2D eigenvalue weighted by molar-refractivity contribution is -0.383. The Morgan fingerprint density at radius 2 is 1.96 bits per heavy atom. The van der Waals surface area contributed by atoms with Crippen LogP contribution in [-0.2, 0) is 13.0 Å². The average Bonchev–Trinajstić information content (AvgIpc) is 3.06. The van der Waals surface area contributed by atoms with Crippen molar-refractivity contribution in [2.75, 3.05) is 13.2 Å². The van der Waals surface area contributed by atoms with Crippen molar-refractivity contribution in [2.24, 2.45) is 0 Å². The van der Waals surface area contributed by atoms with Gasteiger partial charge in [0.25, 0.3) is 5.69 Å². The molecule has 0 aliphatic rings. The van der Waals surface area contributed by atoms with Crippen molar-refractivity contribution in [3.8, 4) is 5.75 Å². The van der Waals surface area contributed by atoms with Crippen LogP contribution in [0.1, 0.15) is 11.1 Å². The van der Waals surface area contributed by atoms with E-state index in [-0.39, 0.29) is 11.4 Å². The van der Waals surface area contributed by atoms with Gasteiger partial charge in [-0.15, -0.1) is 0 Å². The molecule has 0 fully saturated rings. The van der Waals surface area contributed by atoms with E-state index in [1.54, 1.807) is 30.5 Å². The Morgan fingerprint density at radius 1 is 1.18 bits per heavy atom. The number of ether oxygens (including phenoxy) is 1. The fourth-order valence-electron chi connectivity index (χ4n) is 2.92. The smallest absolute Gasteiger partial charge is 0.422 e. The highest BCUT2D eigenvalue weighted by Crippen LogP contribution is 2.27. The molecule has 2 aromatic carbocycles. The zero-order valence-electron chi connectivity index (χ0n) is 14.8. The number of rotatable bonds is 8. The van der Waals surface area contributed by atoms with E-state index in [0.717, 1.165) is 16.5 Å². The van der Waals surface area contributed by atoms with Crippen LogP contribution in [-0.4, -0.2) is 29.2 Å². The van der Waals surface area contributed by atoms with Crippen LogP contribution in [0.15, 0.2) is 48.7 Å². The number of fused-ring (bicyclic) bond motifs is 1. The van der Waals surface area contributed by atoms with Gasteiger partial charge in [0.2, 0.25) is 0 Å². The quantitative estimate of drug-likeness (QED) is 0.339. The van der Waals surface area contributed by atoms with Gasteiger partial charge in [0, 0.05) is 24.2 Å². The number of aromatic amines is 1. The number of H-pyrrole nitrogens is 1. The number of aromatic nitrogens is 1. The van der Waals surface area contributed by atoms with E-state index >= 15 is 0 Å². The summed E-state index contributed by atoms with van der Waals surface area (Å²) in [5, 5.41) is 15.1. The molecule has 0 bridgehead atoms. The summed E-state index contributed by atoms with van der Waals surface area (Å²) in [5.74, 6) is 0.167. The number of nitro benzene ring substituents is 1. The van der Waals surface area contributed by atoms with E-state index in [1.165, 1.54) is 12.1 Å². The third-order valence-electron chi connectivity index (χ3n) is 4.18. The number of alkyl halides is 3. The van der Waals surface area contributed by atoms with E-state index in [2.05, 4.69) is 10.3 Å². The van der Waals surface area contributed by atoms with E-state index < -0.39 is 17.7 Å². The fraction of sp³-hybridized carbons (Fsp3) is 0.263. The summed E-state index contributed by atoms with van der Waals surface area (Å²) in [4.78, 5) is 13.6. The Hall–Kier alpha value is -3.07. The van der Waals surface area contributed by atoms with Gasteiger partial charge in [-0.1, -0.05) is 24.3 Å². The standard InChI is InChI=1S/C19H18F3N3O3/c20-19(21,22)12-28-15-4-1-3-13(9-15)10-23-8-7-14-11-24-18-16(14)5-2-6-17(18)25(26)27/h1-6,9,11,23-24H,7-8,10,12H2. The van der Waals surface area contributed by atoms with Crippen molar-refractivity contribution < 1.29 is 22.8 Å².